The number of nitrogens with one attached hydrogen (secondary N) is 1. The molecule has 1 atom stereocenters. The van der Waals surface area contributed by atoms with E-state index in [4.69, 9.17) is 27.5 Å². The summed E-state index contributed by atoms with van der Waals surface area (Å²) in [4.78, 5) is 19.5. The van der Waals surface area contributed by atoms with Crippen LogP contribution in [0.15, 0.2) is 29.1 Å². The van der Waals surface area contributed by atoms with Crippen molar-refractivity contribution in [2.45, 2.75) is 25.4 Å². The predicted molar refractivity (Wildman–Crippen MR) is 101 cm³/mol. The van der Waals surface area contributed by atoms with E-state index in [1.54, 1.807) is 12.1 Å². The van der Waals surface area contributed by atoms with E-state index in [1.165, 1.54) is 4.52 Å². The highest BCUT2D eigenvalue weighted by Gasteiger charge is 2.27. The Morgan fingerprint density at radius 2 is 2.19 bits per heavy atom. The number of terminal acetylenes is 1. The molecule has 1 aromatic carbocycles. The lowest BCUT2D eigenvalue weighted by Gasteiger charge is -2.21. The van der Waals surface area contributed by atoms with E-state index in [9.17, 15) is 4.79 Å². The molecule has 8 heteroatoms. The zero-order valence-electron chi connectivity index (χ0n) is 14.4. The minimum absolute atomic E-state index is 0.00211. The van der Waals surface area contributed by atoms with Crippen molar-refractivity contribution in [3.8, 4) is 29.5 Å². The molecule has 1 unspecified atom stereocenters. The van der Waals surface area contributed by atoms with Crippen LogP contribution in [0, 0.1) is 12.3 Å². The van der Waals surface area contributed by atoms with Crippen molar-refractivity contribution < 1.29 is 9.47 Å². The number of hydrogen-bond acceptors (Lipinski definition) is 5. The van der Waals surface area contributed by atoms with Crippen LogP contribution in [0.2, 0.25) is 5.02 Å². The number of fused-ring (bicyclic) bond motifs is 1. The third-order valence-corrected chi connectivity index (χ3v) is 4.66. The second kappa shape index (κ2) is 7.43. The molecule has 1 aliphatic heterocycles. The van der Waals surface area contributed by atoms with E-state index < -0.39 is 5.69 Å². The van der Waals surface area contributed by atoms with Gasteiger partial charge in [-0.05, 0) is 37.0 Å². The molecule has 7 nitrogen and oxygen atoms in total. The van der Waals surface area contributed by atoms with E-state index in [1.807, 2.05) is 12.1 Å². The Balaban J connectivity index is 1.93. The van der Waals surface area contributed by atoms with Crippen LogP contribution in [0.25, 0.3) is 16.8 Å². The number of aromatic nitrogens is 4. The smallest absolute Gasteiger partial charge is 0.352 e. The number of H-pyrrole nitrogens is 1. The quantitative estimate of drug-likeness (QED) is 0.699. The number of halogens is 1. The van der Waals surface area contributed by atoms with E-state index >= 15 is 0 Å². The van der Waals surface area contributed by atoms with Crippen molar-refractivity contribution >= 4 is 17.2 Å². The van der Waals surface area contributed by atoms with Gasteiger partial charge in [-0.15, -0.1) is 6.42 Å². The first kappa shape index (κ1) is 17.6. The third kappa shape index (κ3) is 3.42. The monoisotopic (exact) mass is 384 g/mol. The van der Waals surface area contributed by atoms with E-state index in [2.05, 4.69) is 21.0 Å². The summed E-state index contributed by atoms with van der Waals surface area (Å²) in [6, 6.07) is 7.37. The Morgan fingerprint density at radius 3 is 2.89 bits per heavy atom. The average molecular weight is 385 g/mol. The molecular formula is C19H17ClN4O3. The van der Waals surface area contributed by atoms with Crippen LogP contribution in [0.1, 0.15) is 31.1 Å². The van der Waals surface area contributed by atoms with Gasteiger partial charge in [-0.1, -0.05) is 29.7 Å². The van der Waals surface area contributed by atoms with Gasteiger partial charge in [0.05, 0.1) is 5.56 Å². The lowest BCUT2D eigenvalue weighted by Crippen LogP contribution is -2.20. The highest BCUT2D eigenvalue weighted by molar-refractivity contribution is 6.30. The van der Waals surface area contributed by atoms with Crippen LogP contribution in [0.3, 0.4) is 0 Å². The Hall–Kier alpha value is -2.82. The summed E-state index contributed by atoms with van der Waals surface area (Å²) in [5, 5.41) is 5.13. The number of nitrogens with zero attached hydrogens (tertiary/aromatic N) is 3. The molecule has 0 bridgehead atoms. The summed E-state index contributed by atoms with van der Waals surface area (Å²) in [5.41, 5.74) is 2.19. The molecule has 4 rings (SSSR count). The standard InChI is InChI=1S/C19H17ClN4O3/c1-2-10-27-18-21-17-15(12-6-8-13(20)9-7-12)16(14-5-3-4-11-26-14)23-24(17)19(25)22-18/h1,6-9,14H,3-5,10-11H2,(H,21,22,25). The Labute approximate surface area is 160 Å². The second-order valence-corrected chi connectivity index (χ2v) is 6.63. The largest absolute Gasteiger partial charge is 0.451 e. The predicted octanol–water partition coefficient (Wildman–Crippen LogP) is 2.99. The maximum atomic E-state index is 12.5. The maximum absolute atomic E-state index is 12.5. The van der Waals surface area contributed by atoms with Crippen molar-refractivity contribution in [3.63, 3.8) is 0 Å². The topological polar surface area (TPSA) is 81.5 Å². The van der Waals surface area contributed by atoms with Crippen LogP contribution < -0.4 is 10.4 Å². The summed E-state index contributed by atoms with van der Waals surface area (Å²) in [6.07, 6.45) is 7.92. The van der Waals surface area contributed by atoms with Gasteiger partial charge in [0, 0.05) is 11.6 Å². The summed E-state index contributed by atoms with van der Waals surface area (Å²) in [7, 11) is 0. The molecule has 0 amide bonds. The first-order valence-electron chi connectivity index (χ1n) is 8.64. The van der Waals surface area contributed by atoms with Gasteiger partial charge in [0.15, 0.2) is 12.3 Å². The van der Waals surface area contributed by atoms with E-state index in [0.29, 0.717) is 23.0 Å². The number of benzene rings is 1. The highest BCUT2D eigenvalue weighted by atomic mass is 35.5. The highest BCUT2D eigenvalue weighted by Crippen LogP contribution is 2.36. The zero-order valence-corrected chi connectivity index (χ0v) is 15.2. The molecule has 0 saturated carbocycles. The van der Waals surface area contributed by atoms with Gasteiger partial charge >= 0.3 is 11.7 Å². The minimum atomic E-state index is -0.454. The molecule has 2 aromatic heterocycles. The molecule has 1 saturated heterocycles. The van der Waals surface area contributed by atoms with E-state index in [-0.39, 0.29) is 18.7 Å². The van der Waals surface area contributed by atoms with Crippen LogP contribution in [0.4, 0.5) is 0 Å². The first-order valence-corrected chi connectivity index (χ1v) is 9.02. The lowest BCUT2D eigenvalue weighted by molar-refractivity contribution is 0.0125. The summed E-state index contributed by atoms with van der Waals surface area (Å²) >= 11 is 6.03. The fraction of sp³-hybridized carbons (Fsp3) is 0.316. The van der Waals surface area contributed by atoms with Crippen LogP contribution in [0.5, 0.6) is 6.01 Å². The second-order valence-electron chi connectivity index (χ2n) is 6.20. The van der Waals surface area contributed by atoms with Gasteiger partial charge < -0.3 is 9.47 Å². The fourth-order valence-electron chi connectivity index (χ4n) is 3.19. The van der Waals surface area contributed by atoms with Gasteiger partial charge in [-0.25, -0.2) is 4.79 Å². The summed E-state index contributed by atoms with van der Waals surface area (Å²) in [6.45, 7) is 0.668. The first-order chi connectivity index (χ1) is 13.2. The van der Waals surface area contributed by atoms with Crippen molar-refractivity contribution in [1.82, 2.24) is 19.6 Å². The summed E-state index contributed by atoms with van der Waals surface area (Å²) < 4.78 is 12.5. The Morgan fingerprint density at radius 1 is 1.37 bits per heavy atom. The third-order valence-electron chi connectivity index (χ3n) is 4.41. The minimum Gasteiger partial charge on any atom is -0.451 e. The Kier molecular flexibility index (Phi) is 4.84. The summed E-state index contributed by atoms with van der Waals surface area (Å²) in [5.74, 6) is 2.35. The van der Waals surface area contributed by atoms with Gasteiger partial charge in [0.2, 0.25) is 0 Å². The van der Waals surface area contributed by atoms with Crippen molar-refractivity contribution in [2.75, 3.05) is 13.2 Å². The van der Waals surface area contributed by atoms with Gasteiger partial charge in [0.25, 0.3) is 0 Å². The van der Waals surface area contributed by atoms with Crippen LogP contribution in [-0.2, 0) is 4.74 Å². The molecule has 3 heterocycles. The van der Waals surface area contributed by atoms with E-state index in [0.717, 1.165) is 30.4 Å². The lowest BCUT2D eigenvalue weighted by atomic mass is 9.99. The van der Waals surface area contributed by atoms with Gasteiger partial charge in [0.1, 0.15) is 11.8 Å². The molecule has 0 radical (unpaired) electrons. The van der Waals surface area contributed by atoms with Crippen molar-refractivity contribution in [1.29, 1.82) is 0 Å². The number of rotatable bonds is 4. The van der Waals surface area contributed by atoms with Crippen molar-refractivity contribution in [3.05, 3.63) is 45.5 Å². The fourth-order valence-corrected chi connectivity index (χ4v) is 3.32. The molecule has 0 aliphatic carbocycles. The number of aromatic amines is 1. The number of ether oxygens (including phenoxy) is 2. The molecule has 0 spiro atoms. The van der Waals surface area contributed by atoms with Gasteiger partial charge in [-0.3, -0.25) is 4.98 Å². The van der Waals surface area contributed by atoms with Crippen molar-refractivity contribution in [2.24, 2.45) is 0 Å². The SMILES string of the molecule is C#CCOc1nc2c(-c3ccc(Cl)cc3)c(C3CCCCO3)nn2c(=O)[nH]1. The molecule has 1 aliphatic rings. The average Bonchev–Trinajstić information content (AvgIpc) is 3.08. The van der Waals surface area contributed by atoms with Crippen LogP contribution >= 0.6 is 11.6 Å². The molecule has 1 N–H and O–H groups in total. The number of hydrogen-bond donors (Lipinski definition) is 1. The molecule has 138 valence electrons. The van der Waals surface area contributed by atoms with Crippen LogP contribution in [-0.4, -0.2) is 32.8 Å². The maximum Gasteiger partial charge on any atom is 0.352 e. The molecule has 3 aromatic rings. The Bertz CT molecular complexity index is 1060. The normalized spacial score (nSPS) is 17.0. The molecular weight excluding hydrogens is 368 g/mol. The zero-order chi connectivity index (χ0) is 18.8. The molecule has 1 fully saturated rings. The molecule has 27 heavy (non-hydrogen) atoms. The van der Waals surface area contributed by atoms with Gasteiger partial charge in [-0.2, -0.15) is 14.6 Å².